The molecule has 0 aromatic heterocycles. The number of likely N-dealkylation sites (N-methyl/N-ethyl adjacent to an activating group) is 1. The molecule has 0 spiro atoms. The van der Waals surface area contributed by atoms with Gasteiger partial charge >= 0.3 is 16.4 Å². The number of methoxy groups -OCH3 is 1. The summed E-state index contributed by atoms with van der Waals surface area (Å²) in [5.41, 5.74) is -4.84. The third kappa shape index (κ3) is 18.3. The van der Waals surface area contributed by atoms with E-state index >= 15 is 0 Å². The smallest absolute Gasteiger partial charge is 0.397 e. The van der Waals surface area contributed by atoms with Crippen LogP contribution in [0.3, 0.4) is 0 Å². The first-order valence-corrected chi connectivity index (χ1v) is 26.5. The number of ketones is 1. The standard InChI is InChI=1S/C37H67NO13.C12H26O4S/c1-14-25-37(10,45)30(41)20(4)27(39)18(2)16-35(8,44)32(51-34-28(40)24(38(11)12)15-19(3)47-34)21(5)29(22(6)33(43)49-25)50-26-17-36(9,46-13)31(42)23(7)48-26;1-2-3-4-5-6-7-8-9-10-11-12-16-17(13,14)15/h18-26,28-32,34,40-42,44-45H,14-17H2,1-13H3;2-12H2,1H3,(H,13,14,15)/t18-,19+,20?,21+,22-,23-,24-,25?,26-,28-,29+,30+,31-,32-,34-,35-,36+,37?;/m0./s1. The predicted octanol–water partition coefficient (Wildman–Crippen LogP) is 5.51. The average Bonchev–Trinajstić information content (AvgIpc) is 3.26. The summed E-state index contributed by atoms with van der Waals surface area (Å²) in [4.78, 5) is 29.8. The molecule has 3 fully saturated rings. The highest BCUT2D eigenvalue weighted by atomic mass is 32.3. The van der Waals surface area contributed by atoms with Crippen LogP contribution in [0.2, 0.25) is 0 Å². The molecule has 18 nitrogen and oxygen atoms in total. The van der Waals surface area contributed by atoms with Gasteiger partial charge in [0.05, 0.1) is 54.2 Å². The van der Waals surface area contributed by atoms with Gasteiger partial charge in [0.15, 0.2) is 12.6 Å². The van der Waals surface area contributed by atoms with Crippen molar-refractivity contribution in [2.45, 2.75) is 250 Å². The monoisotopic (exact) mass is 1000 g/mol. The number of hydrogen-bond acceptors (Lipinski definition) is 17. The maximum absolute atomic E-state index is 14.1. The van der Waals surface area contributed by atoms with E-state index in [4.69, 9.17) is 33.0 Å². The molecule has 3 aliphatic rings. The number of aliphatic hydroxyl groups excluding tert-OH is 3. The zero-order chi connectivity index (χ0) is 51.9. The Kier molecular flexibility index (Phi) is 25.9. The number of nitrogens with zero attached hydrogens (tertiary/aromatic N) is 1. The van der Waals surface area contributed by atoms with Gasteiger partial charge in [0, 0.05) is 37.3 Å². The average molecular weight is 1000 g/mol. The van der Waals surface area contributed by atoms with Crippen molar-refractivity contribution in [2.24, 2.45) is 23.7 Å². The summed E-state index contributed by atoms with van der Waals surface area (Å²) < 4.78 is 70.0. The van der Waals surface area contributed by atoms with Crippen LogP contribution in [-0.2, 0) is 52.6 Å². The number of ether oxygens (including phenoxy) is 6. The van der Waals surface area contributed by atoms with Gasteiger partial charge in [-0.25, -0.2) is 4.18 Å². The topological polar surface area (TPSA) is 258 Å². The van der Waals surface area contributed by atoms with Gasteiger partial charge in [0.2, 0.25) is 0 Å². The zero-order valence-electron chi connectivity index (χ0n) is 43.8. The molecule has 0 amide bonds. The first-order valence-electron chi connectivity index (χ1n) is 25.2. The van der Waals surface area contributed by atoms with E-state index in [9.17, 15) is 43.5 Å². The number of esters is 1. The molecule has 402 valence electrons. The number of rotatable bonds is 19. The Balaban J connectivity index is 0.000000789. The van der Waals surface area contributed by atoms with Crippen LogP contribution in [0.25, 0.3) is 0 Å². The van der Waals surface area contributed by atoms with Crippen molar-refractivity contribution in [3.8, 4) is 0 Å². The van der Waals surface area contributed by atoms with Gasteiger partial charge in [-0.3, -0.25) is 14.1 Å². The van der Waals surface area contributed by atoms with Crippen molar-refractivity contribution in [2.75, 3.05) is 27.8 Å². The number of hydrogen-bond donors (Lipinski definition) is 6. The van der Waals surface area contributed by atoms with Crippen LogP contribution in [0.5, 0.6) is 0 Å². The van der Waals surface area contributed by atoms with E-state index in [1.807, 2.05) is 25.9 Å². The molecule has 0 saturated carbocycles. The molecule has 0 radical (unpaired) electrons. The molecule has 3 saturated heterocycles. The Morgan fingerprint density at radius 1 is 0.779 bits per heavy atom. The minimum atomic E-state index is -4.23. The van der Waals surface area contributed by atoms with Crippen LogP contribution >= 0.6 is 0 Å². The summed E-state index contributed by atoms with van der Waals surface area (Å²) in [5.74, 6) is -4.98. The third-order valence-electron chi connectivity index (χ3n) is 14.6. The largest absolute Gasteiger partial charge is 0.459 e. The molecule has 3 unspecified atom stereocenters. The van der Waals surface area contributed by atoms with Crippen molar-refractivity contribution in [3.63, 3.8) is 0 Å². The maximum Gasteiger partial charge on any atom is 0.397 e. The molecular weight excluding hydrogens is 907 g/mol. The van der Waals surface area contributed by atoms with Crippen LogP contribution in [0.15, 0.2) is 0 Å². The van der Waals surface area contributed by atoms with Gasteiger partial charge in [-0.15, -0.1) is 0 Å². The van der Waals surface area contributed by atoms with E-state index in [-0.39, 0.29) is 38.0 Å². The summed E-state index contributed by atoms with van der Waals surface area (Å²) >= 11 is 0. The molecule has 19 heteroatoms. The number of carbonyl (C=O) groups is 2. The molecule has 0 aliphatic carbocycles. The van der Waals surface area contributed by atoms with E-state index in [1.165, 1.54) is 72.8 Å². The predicted molar refractivity (Wildman–Crippen MR) is 256 cm³/mol. The van der Waals surface area contributed by atoms with Gasteiger partial charge in [0.1, 0.15) is 29.7 Å². The Morgan fingerprint density at radius 2 is 1.34 bits per heavy atom. The number of carbonyl (C=O) groups excluding carboxylic acids is 2. The van der Waals surface area contributed by atoms with Crippen molar-refractivity contribution in [3.05, 3.63) is 0 Å². The van der Waals surface area contributed by atoms with Gasteiger partial charge in [0.25, 0.3) is 0 Å². The van der Waals surface area contributed by atoms with Crippen LogP contribution in [0, 0.1) is 23.7 Å². The van der Waals surface area contributed by atoms with E-state index in [0.717, 1.165) is 12.8 Å². The fourth-order valence-electron chi connectivity index (χ4n) is 10.2. The van der Waals surface area contributed by atoms with E-state index < -0.39 is 118 Å². The first kappa shape index (κ1) is 62.7. The second kappa shape index (κ2) is 28.1. The van der Waals surface area contributed by atoms with E-state index in [0.29, 0.717) is 12.8 Å². The minimum absolute atomic E-state index is 0.0926. The number of cyclic esters (lactones) is 1. The Hall–Kier alpha value is -1.43. The number of aliphatic hydroxyl groups is 5. The molecular formula is C49H93NO17S. The first-order chi connectivity index (χ1) is 31.5. The lowest BCUT2D eigenvalue weighted by Gasteiger charge is -2.49. The molecule has 0 aromatic carbocycles. The summed E-state index contributed by atoms with van der Waals surface area (Å²) in [6.45, 7) is 18.6. The number of unbranched alkanes of at least 4 members (excludes halogenated alkanes) is 9. The highest BCUT2D eigenvalue weighted by Crippen LogP contribution is 2.41. The normalized spacial score (nSPS) is 40.3. The van der Waals surface area contributed by atoms with Crippen LogP contribution in [0.4, 0.5) is 0 Å². The van der Waals surface area contributed by atoms with Gasteiger partial charge in [-0.2, -0.15) is 8.42 Å². The lowest BCUT2D eigenvalue weighted by atomic mass is 9.74. The molecule has 68 heavy (non-hydrogen) atoms. The molecule has 0 bridgehead atoms. The van der Waals surface area contributed by atoms with Crippen molar-refractivity contribution >= 4 is 22.2 Å². The maximum atomic E-state index is 14.1. The lowest BCUT2D eigenvalue weighted by Crippen LogP contribution is -2.61. The Morgan fingerprint density at radius 3 is 1.85 bits per heavy atom. The van der Waals surface area contributed by atoms with Gasteiger partial charge in [-0.05, 0) is 81.3 Å². The van der Waals surface area contributed by atoms with Gasteiger partial charge in [-0.1, -0.05) is 92.4 Å². The molecule has 3 rings (SSSR count). The van der Waals surface area contributed by atoms with Crippen molar-refractivity contribution < 1.29 is 80.7 Å². The fourth-order valence-corrected chi connectivity index (χ4v) is 10.5. The fraction of sp³-hybridized carbons (Fsp3) is 0.959. The molecule has 18 atom stereocenters. The second-order valence-corrected chi connectivity index (χ2v) is 22.0. The molecule has 3 aliphatic heterocycles. The van der Waals surface area contributed by atoms with Crippen LogP contribution < -0.4 is 0 Å². The van der Waals surface area contributed by atoms with E-state index in [2.05, 4.69) is 11.1 Å². The van der Waals surface area contributed by atoms with Crippen LogP contribution in [0.1, 0.15) is 166 Å². The third-order valence-corrected chi connectivity index (χ3v) is 15.0. The van der Waals surface area contributed by atoms with E-state index in [1.54, 1.807) is 41.5 Å². The minimum Gasteiger partial charge on any atom is -0.459 e. The highest BCUT2D eigenvalue weighted by Gasteiger charge is 2.53. The van der Waals surface area contributed by atoms with Crippen molar-refractivity contribution in [1.82, 2.24) is 4.90 Å². The second-order valence-electron chi connectivity index (χ2n) is 20.9. The summed E-state index contributed by atoms with van der Waals surface area (Å²) in [5, 5.41) is 57.6. The SMILES string of the molecule is CCC1OC(=O)[C@@H](C)[C@H](O[C@H]2C[C@@](C)(OC)[C@@H](O)[C@H](C)O2)[C@@H](C)[C@H](O[C@@H]2O[C@H](C)C[C@H](N(C)C)[C@@H]2O)[C@@](C)(O)C[C@H](C)C(=O)C(C)[C@@H](O)C1(C)O.CCCCCCCCCCCCOS(=O)(=O)O. The highest BCUT2D eigenvalue weighted by molar-refractivity contribution is 7.80. The summed E-state index contributed by atoms with van der Waals surface area (Å²) in [6.07, 6.45) is 2.14. The number of Topliss-reactive ketones (excluding diaryl/α,β-unsaturated/α-hetero) is 1. The van der Waals surface area contributed by atoms with Crippen LogP contribution in [-0.4, -0.2) is 167 Å². The Labute approximate surface area is 408 Å². The molecule has 0 aromatic rings. The van der Waals surface area contributed by atoms with Crippen molar-refractivity contribution in [1.29, 1.82) is 0 Å². The molecule has 3 heterocycles. The lowest BCUT2D eigenvalue weighted by molar-refractivity contribution is -0.318. The van der Waals surface area contributed by atoms with Gasteiger partial charge < -0.3 is 58.9 Å². The summed E-state index contributed by atoms with van der Waals surface area (Å²) in [6, 6.07) is -0.324. The quantitative estimate of drug-likeness (QED) is 0.0530. The zero-order valence-corrected chi connectivity index (χ0v) is 44.6. The molecule has 6 N–H and O–H groups in total. The Bertz CT molecular complexity index is 1600. The summed E-state index contributed by atoms with van der Waals surface area (Å²) in [7, 11) is 0.942.